The van der Waals surface area contributed by atoms with Gasteiger partial charge in [0.1, 0.15) is 0 Å². The highest BCUT2D eigenvalue weighted by molar-refractivity contribution is 8.00. The first-order chi connectivity index (χ1) is 9.47. The van der Waals surface area contributed by atoms with Gasteiger partial charge in [0.05, 0.1) is 0 Å². The molecule has 110 valence electrons. The zero-order valence-corrected chi connectivity index (χ0v) is 14.0. The van der Waals surface area contributed by atoms with Crippen LogP contribution in [0, 0.1) is 0 Å². The molecule has 5 nitrogen and oxygen atoms in total. The minimum atomic E-state index is -3.65. The molecule has 9 heteroatoms. The minimum absolute atomic E-state index is 0.0242. The van der Waals surface area contributed by atoms with E-state index in [0.717, 1.165) is 19.3 Å². The van der Waals surface area contributed by atoms with Crippen LogP contribution in [0.3, 0.4) is 0 Å². The van der Waals surface area contributed by atoms with E-state index < -0.39 is 10.0 Å². The molecule has 0 aliphatic heterocycles. The lowest BCUT2D eigenvalue weighted by Gasteiger charge is -2.40. The summed E-state index contributed by atoms with van der Waals surface area (Å²) in [6.45, 7) is 0.435. The largest absolute Gasteiger partial charge is 0.279 e. The number of nitrogens with zero attached hydrogens (tertiary/aromatic N) is 2. The highest BCUT2D eigenvalue weighted by Gasteiger charge is 2.38. The second kappa shape index (κ2) is 5.17. The number of thiazole rings is 1. The number of sulfonamides is 1. The zero-order chi connectivity index (χ0) is 14.4. The summed E-state index contributed by atoms with van der Waals surface area (Å²) in [4.78, 5) is 4.64. The molecular weight excluding hydrogens is 338 g/mol. The van der Waals surface area contributed by atoms with Gasteiger partial charge in [-0.2, -0.15) is 11.8 Å². The van der Waals surface area contributed by atoms with E-state index in [2.05, 4.69) is 9.71 Å². The third-order valence-electron chi connectivity index (χ3n) is 3.72. The van der Waals surface area contributed by atoms with Gasteiger partial charge in [-0.1, -0.05) is 18.0 Å². The van der Waals surface area contributed by atoms with Crippen LogP contribution in [0.1, 0.15) is 19.3 Å². The summed E-state index contributed by atoms with van der Waals surface area (Å²) < 4.78 is 29.2. The van der Waals surface area contributed by atoms with Crippen LogP contribution in [-0.4, -0.2) is 35.4 Å². The van der Waals surface area contributed by atoms with Crippen LogP contribution in [0.5, 0.6) is 0 Å². The molecule has 1 saturated carbocycles. The van der Waals surface area contributed by atoms with Crippen LogP contribution in [0.2, 0.25) is 5.15 Å². The molecule has 0 aromatic carbocycles. The third kappa shape index (κ3) is 2.37. The molecule has 0 spiro atoms. The lowest BCUT2D eigenvalue weighted by molar-refractivity contribution is 0.361. The molecule has 1 N–H and O–H groups in total. The lowest BCUT2D eigenvalue weighted by Crippen LogP contribution is -2.45. The Morgan fingerprint density at radius 2 is 2.35 bits per heavy atom. The number of halogens is 1. The molecule has 0 atom stereocenters. The summed E-state index contributed by atoms with van der Waals surface area (Å²) in [6, 6.07) is 0. The van der Waals surface area contributed by atoms with Gasteiger partial charge in [-0.05, 0) is 19.1 Å². The molecule has 0 saturated heterocycles. The van der Waals surface area contributed by atoms with E-state index in [1.807, 2.05) is 6.26 Å². The van der Waals surface area contributed by atoms with Crippen molar-refractivity contribution in [2.75, 3.05) is 12.8 Å². The fourth-order valence-electron chi connectivity index (χ4n) is 2.30. The Hall–Kier alpha value is -0.280. The van der Waals surface area contributed by atoms with Gasteiger partial charge in [0.15, 0.2) is 15.1 Å². The summed E-state index contributed by atoms with van der Waals surface area (Å²) in [5, 5.41) is 1.84. The molecular formula is C11H14ClN3O2S3. The summed E-state index contributed by atoms with van der Waals surface area (Å²) in [5.74, 6) is 0. The average molecular weight is 352 g/mol. The number of nitrogens with one attached hydrogen (secondary N) is 1. The first-order valence-electron chi connectivity index (χ1n) is 6.13. The summed E-state index contributed by atoms with van der Waals surface area (Å²) >= 11 is 9.06. The maximum atomic E-state index is 12.5. The Morgan fingerprint density at radius 3 is 2.95 bits per heavy atom. The lowest BCUT2D eigenvalue weighted by atomic mass is 9.84. The zero-order valence-electron chi connectivity index (χ0n) is 10.8. The number of fused-ring (bicyclic) bond motifs is 1. The van der Waals surface area contributed by atoms with Gasteiger partial charge in [-0.25, -0.2) is 18.1 Å². The topological polar surface area (TPSA) is 63.5 Å². The molecule has 0 amide bonds. The van der Waals surface area contributed by atoms with Gasteiger partial charge >= 0.3 is 0 Å². The van der Waals surface area contributed by atoms with Crippen LogP contribution in [0.15, 0.2) is 16.6 Å². The quantitative estimate of drug-likeness (QED) is 0.899. The predicted molar refractivity (Wildman–Crippen MR) is 83.4 cm³/mol. The Balaban J connectivity index is 1.88. The summed E-state index contributed by atoms with van der Waals surface area (Å²) in [7, 11) is -3.65. The van der Waals surface area contributed by atoms with Gasteiger partial charge in [0.25, 0.3) is 10.0 Å². The van der Waals surface area contributed by atoms with Crippen molar-refractivity contribution in [1.82, 2.24) is 14.1 Å². The van der Waals surface area contributed by atoms with Crippen molar-refractivity contribution >= 4 is 49.7 Å². The smallest absolute Gasteiger partial charge is 0.259 e. The van der Waals surface area contributed by atoms with E-state index in [1.54, 1.807) is 23.3 Å². The number of hydrogen-bond donors (Lipinski definition) is 1. The van der Waals surface area contributed by atoms with Crippen LogP contribution in [-0.2, 0) is 10.0 Å². The Morgan fingerprint density at radius 1 is 1.60 bits per heavy atom. The fourth-order valence-corrected chi connectivity index (χ4v) is 5.88. The second-order valence-electron chi connectivity index (χ2n) is 4.83. The molecule has 1 aliphatic rings. The second-order valence-corrected chi connectivity index (χ2v) is 9.02. The number of imidazole rings is 1. The van der Waals surface area contributed by atoms with Crippen molar-refractivity contribution in [3.8, 4) is 0 Å². The SMILES string of the molecule is CSC1(CNS(=O)(=O)c2c(Cl)nc3sccn23)CCC1. The van der Waals surface area contributed by atoms with Crippen molar-refractivity contribution < 1.29 is 8.42 Å². The third-order valence-corrected chi connectivity index (χ3v) is 7.69. The summed E-state index contributed by atoms with van der Waals surface area (Å²) in [5.41, 5.74) is 0. The van der Waals surface area contributed by atoms with E-state index in [4.69, 9.17) is 11.6 Å². The molecule has 2 aromatic rings. The van der Waals surface area contributed by atoms with Crippen molar-refractivity contribution in [3.63, 3.8) is 0 Å². The number of aromatic nitrogens is 2. The van der Waals surface area contributed by atoms with Gasteiger partial charge in [-0.15, -0.1) is 11.3 Å². The molecule has 3 rings (SSSR count). The molecule has 1 aliphatic carbocycles. The molecule has 20 heavy (non-hydrogen) atoms. The maximum absolute atomic E-state index is 12.5. The molecule has 0 bridgehead atoms. The van der Waals surface area contributed by atoms with E-state index >= 15 is 0 Å². The standard InChI is InChI=1S/C11H14ClN3O2S3/c1-18-11(3-2-4-11)7-13-20(16,17)9-8(12)14-10-15(9)5-6-19-10/h5-6,13H,2-4,7H2,1H3. The Bertz CT molecular complexity index is 728. The van der Waals surface area contributed by atoms with Gasteiger partial charge in [0.2, 0.25) is 0 Å². The van der Waals surface area contributed by atoms with Crippen LogP contribution in [0.4, 0.5) is 0 Å². The predicted octanol–water partition coefficient (Wildman–Crippen LogP) is 2.61. The van der Waals surface area contributed by atoms with E-state index in [1.165, 1.54) is 15.7 Å². The molecule has 2 heterocycles. The van der Waals surface area contributed by atoms with Crippen LogP contribution in [0.25, 0.3) is 4.96 Å². The highest BCUT2D eigenvalue weighted by atomic mass is 35.5. The highest BCUT2D eigenvalue weighted by Crippen LogP contribution is 2.42. The Kier molecular flexibility index (Phi) is 3.79. The number of hydrogen-bond acceptors (Lipinski definition) is 5. The molecule has 2 aromatic heterocycles. The molecule has 0 radical (unpaired) electrons. The van der Waals surface area contributed by atoms with E-state index in [9.17, 15) is 8.42 Å². The van der Waals surface area contributed by atoms with Gasteiger partial charge in [-0.3, -0.25) is 4.40 Å². The van der Waals surface area contributed by atoms with Crippen molar-refractivity contribution in [2.45, 2.75) is 29.0 Å². The monoisotopic (exact) mass is 351 g/mol. The van der Waals surface area contributed by atoms with Gasteiger partial charge in [0, 0.05) is 22.9 Å². The maximum Gasteiger partial charge on any atom is 0.259 e. The Labute approximate surface area is 130 Å². The van der Waals surface area contributed by atoms with Crippen LogP contribution >= 0.6 is 34.7 Å². The number of thioether (sulfide) groups is 1. The van der Waals surface area contributed by atoms with Crippen LogP contribution < -0.4 is 4.72 Å². The first kappa shape index (κ1) is 14.6. The molecule has 0 unspecified atom stereocenters. The fraction of sp³-hybridized carbons (Fsp3) is 0.545. The normalized spacial score (nSPS) is 18.3. The number of rotatable bonds is 5. The average Bonchev–Trinajstić information content (AvgIpc) is 2.87. The van der Waals surface area contributed by atoms with Gasteiger partial charge < -0.3 is 0 Å². The van der Waals surface area contributed by atoms with E-state index in [-0.39, 0.29) is 14.9 Å². The molecule has 1 fully saturated rings. The van der Waals surface area contributed by atoms with Crippen molar-refractivity contribution in [2.24, 2.45) is 0 Å². The minimum Gasteiger partial charge on any atom is -0.279 e. The van der Waals surface area contributed by atoms with Crippen molar-refractivity contribution in [3.05, 3.63) is 16.7 Å². The first-order valence-corrected chi connectivity index (χ1v) is 10.1. The van der Waals surface area contributed by atoms with Crippen molar-refractivity contribution in [1.29, 1.82) is 0 Å². The van der Waals surface area contributed by atoms with E-state index in [0.29, 0.717) is 11.5 Å². The summed E-state index contributed by atoms with van der Waals surface area (Å²) in [6.07, 6.45) is 6.94.